The van der Waals surface area contributed by atoms with Crippen LogP contribution in [0.15, 0.2) is 24.3 Å². The first-order chi connectivity index (χ1) is 9.74. The van der Waals surface area contributed by atoms with Gasteiger partial charge in [0.1, 0.15) is 0 Å². The average Bonchev–Trinajstić information content (AvgIpc) is 2.39. The highest BCUT2D eigenvalue weighted by Crippen LogP contribution is 2.38. The van der Waals surface area contributed by atoms with Crippen molar-refractivity contribution in [1.82, 2.24) is 5.32 Å². The van der Waals surface area contributed by atoms with E-state index >= 15 is 0 Å². The predicted molar refractivity (Wildman–Crippen MR) is 85.0 cm³/mol. The topological polar surface area (TPSA) is 32.3 Å². The van der Waals surface area contributed by atoms with Gasteiger partial charge >= 0.3 is 0 Å². The van der Waals surface area contributed by atoms with Crippen molar-refractivity contribution in [3.05, 3.63) is 35.4 Å². The van der Waals surface area contributed by atoms with Crippen LogP contribution >= 0.6 is 0 Å². The number of hydrogen-bond acceptors (Lipinski definition) is 2. The Balaban J connectivity index is 1.72. The van der Waals surface area contributed by atoms with Gasteiger partial charge in [-0.3, -0.25) is 0 Å². The fourth-order valence-corrected chi connectivity index (χ4v) is 3.36. The molecule has 0 saturated heterocycles. The lowest BCUT2D eigenvalue weighted by Crippen LogP contribution is -2.42. The number of hydrogen-bond donors (Lipinski definition) is 2. The molecular weight excluding hydrogens is 246 g/mol. The van der Waals surface area contributed by atoms with Crippen LogP contribution in [-0.2, 0) is 0 Å². The molecule has 2 nitrogen and oxygen atoms in total. The summed E-state index contributed by atoms with van der Waals surface area (Å²) in [5.41, 5.74) is 2.96. The Bertz CT molecular complexity index is 392. The van der Waals surface area contributed by atoms with Crippen LogP contribution in [0.3, 0.4) is 0 Å². The van der Waals surface area contributed by atoms with Crippen LogP contribution in [0.5, 0.6) is 0 Å². The summed E-state index contributed by atoms with van der Waals surface area (Å²) in [5.74, 6) is 1.39. The lowest BCUT2D eigenvalue weighted by molar-refractivity contribution is 0.228. The first-order valence-electron chi connectivity index (χ1n) is 8.14. The maximum Gasteiger partial charge on any atom is 0.0434 e. The van der Waals surface area contributed by atoms with Gasteiger partial charge in [0.25, 0.3) is 0 Å². The molecule has 0 spiro atoms. The molecule has 1 aromatic carbocycles. The van der Waals surface area contributed by atoms with Gasteiger partial charge in [0.2, 0.25) is 0 Å². The van der Waals surface area contributed by atoms with Crippen LogP contribution in [0.1, 0.15) is 56.1 Å². The van der Waals surface area contributed by atoms with Crippen molar-refractivity contribution in [2.45, 2.75) is 57.9 Å². The van der Waals surface area contributed by atoms with Crippen molar-refractivity contribution < 1.29 is 5.11 Å². The summed E-state index contributed by atoms with van der Waals surface area (Å²) in [5, 5.41) is 12.8. The number of aliphatic hydroxyl groups excluding tert-OH is 1. The third-order valence-corrected chi connectivity index (χ3v) is 4.70. The molecule has 1 fully saturated rings. The molecule has 2 heteroatoms. The fourth-order valence-electron chi connectivity index (χ4n) is 3.36. The van der Waals surface area contributed by atoms with Gasteiger partial charge in [-0.15, -0.1) is 0 Å². The van der Waals surface area contributed by atoms with Gasteiger partial charge in [-0.1, -0.05) is 37.6 Å². The lowest BCUT2D eigenvalue weighted by atomic mass is 9.74. The van der Waals surface area contributed by atoms with Crippen molar-refractivity contribution in [1.29, 1.82) is 0 Å². The number of benzene rings is 1. The molecule has 0 aromatic heterocycles. The Morgan fingerprint density at radius 3 is 2.65 bits per heavy atom. The maximum atomic E-state index is 9.09. The molecule has 1 unspecified atom stereocenters. The van der Waals surface area contributed by atoms with Gasteiger partial charge < -0.3 is 10.4 Å². The van der Waals surface area contributed by atoms with E-state index < -0.39 is 0 Å². The molecule has 1 atom stereocenters. The van der Waals surface area contributed by atoms with Gasteiger partial charge in [0, 0.05) is 12.6 Å². The molecule has 0 aliphatic heterocycles. The van der Waals surface area contributed by atoms with Crippen LogP contribution in [0.25, 0.3) is 0 Å². The number of rotatable bonds is 8. The maximum absolute atomic E-state index is 9.09. The smallest absolute Gasteiger partial charge is 0.0434 e. The van der Waals surface area contributed by atoms with E-state index in [1.807, 2.05) is 0 Å². The molecule has 1 aromatic rings. The third-order valence-electron chi connectivity index (χ3n) is 4.70. The molecular formula is C18H29NO. The minimum atomic E-state index is 0.322. The zero-order chi connectivity index (χ0) is 14.4. The molecule has 20 heavy (non-hydrogen) atoms. The van der Waals surface area contributed by atoms with Gasteiger partial charge in [0.15, 0.2) is 0 Å². The van der Waals surface area contributed by atoms with Crippen molar-refractivity contribution >= 4 is 0 Å². The molecule has 0 radical (unpaired) electrons. The minimum Gasteiger partial charge on any atom is -0.396 e. The Kier molecular flexibility index (Phi) is 6.06. The van der Waals surface area contributed by atoms with E-state index in [0.29, 0.717) is 18.6 Å². The number of nitrogens with one attached hydrogen (secondary N) is 1. The Morgan fingerprint density at radius 1 is 1.25 bits per heavy atom. The highest BCUT2D eigenvalue weighted by Gasteiger charge is 2.30. The standard InChI is InChI=1S/C18H29NO/c1-3-6-15(9-10-20)13-19-17-11-16(12-17)18-8-5-4-7-14(18)2/h4-5,7-8,15-17,19-20H,3,6,9-13H2,1-2H3. The van der Waals surface area contributed by atoms with E-state index in [9.17, 15) is 0 Å². The molecule has 2 N–H and O–H groups in total. The molecule has 0 amide bonds. The predicted octanol–water partition coefficient (Wildman–Crippen LogP) is 3.63. The summed E-state index contributed by atoms with van der Waals surface area (Å²) in [6.07, 6.45) is 5.91. The molecule has 1 saturated carbocycles. The quantitative estimate of drug-likeness (QED) is 0.759. The first kappa shape index (κ1) is 15.5. The van der Waals surface area contributed by atoms with Gasteiger partial charge in [-0.25, -0.2) is 0 Å². The zero-order valence-electron chi connectivity index (χ0n) is 12.9. The zero-order valence-corrected chi connectivity index (χ0v) is 12.9. The average molecular weight is 275 g/mol. The molecule has 1 aliphatic carbocycles. The minimum absolute atomic E-state index is 0.322. The molecule has 1 aliphatic rings. The SMILES string of the molecule is CCCC(CCO)CNC1CC(c2ccccc2C)C1. The molecule has 112 valence electrons. The van der Waals surface area contributed by atoms with Crippen molar-refractivity contribution in [2.75, 3.05) is 13.2 Å². The van der Waals surface area contributed by atoms with Gasteiger partial charge in [-0.2, -0.15) is 0 Å². The van der Waals surface area contributed by atoms with Crippen LogP contribution < -0.4 is 5.32 Å². The highest BCUT2D eigenvalue weighted by atomic mass is 16.3. The van der Waals surface area contributed by atoms with Gasteiger partial charge in [0.05, 0.1) is 0 Å². The second kappa shape index (κ2) is 7.80. The van der Waals surface area contributed by atoms with Gasteiger partial charge in [-0.05, 0) is 62.1 Å². The summed E-state index contributed by atoms with van der Waals surface area (Å²) in [4.78, 5) is 0. The normalized spacial score (nSPS) is 23.4. The van der Waals surface area contributed by atoms with Crippen LogP contribution in [0.4, 0.5) is 0 Å². The summed E-state index contributed by atoms with van der Waals surface area (Å²) >= 11 is 0. The van der Waals surface area contributed by atoms with Crippen LogP contribution in [-0.4, -0.2) is 24.3 Å². The monoisotopic (exact) mass is 275 g/mol. The van der Waals surface area contributed by atoms with E-state index in [-0.39, 0.29) is 0 Å². The van der Waals surface area contributed by atoms with E-state index in [1.165, 1.54) is 36.8 Å². The molecule has 2 rings (SSSR count). The van der Waals surface area contributed by atoms with Crippen molar-refractivity contribution in [3.8, 4) is 0 Å². The fraction of sp³-hybridized carbons (Fsp3) is 0.667. The highest BCUT2D eigenvalue weighted by molar-refractivity contribution is 5.31. The van der Waals surface area contributed by atoms with Crippen LogP contribution in [0, 0.1) is 12.8 Å². The summed E-state index contributed by atoms with van der Waals surface area (Å²) in [6.45, 7) is 5.83. The van der Waals surface area contributed by atoms with E-state index in [4.69, 9.17) is 5.11 Å². The summed E-state index contributed by atoms with van der Waals surface area (Å²) in [6, 6.07) is 9.45. The van der Waals surface area contributed by atoms with E-state index in [2.05, 4.69) is 43.4 Å². The number of aryl methyl sites for hydroxylation is 1. The second-order valence-electron chi connectivity index (χ2n) is 6.30. The second-order valence-corrected chi connectivity index (χ2v) is 6.30. The van der Waals surface area contributed by atoms with Crippen molar-refractivity contribution in [3.63, 3.8) is 0 Å². The third kappa shape index (κ3) is 4.07. The first-order valence-corrected chi connectivity index (χ1v) is 8.14. The summed E-state index contributed by atoms with van der Waals surface area (Å²) < 4.78 is 0. The summed E-state index contributed by atoms with van der Waals surface area (Å²) in [7, 11) is 0. The lowest BCUT2D eigenvalue weighted by Gasteiger charge is -2.38. The Morgan fingerprint density at radius 2 is 2.00 bits per heavy atom. The molecule has 0 heterocycles. The van der Waals surface area contributed by atoms with E-state index in [0.717, 1.165) is 18.9 Å². The van der Waals surface area contributed by atoms with E-state index in [1.54, 1.807) is 0 Å². The largest absolute Gasteiger partial charge is 0.396 e. The number of aliphatic hydroxyl groups is 1. The molecule has 0 bridgehead atoms. The van der Waals surface area contributed by atoms with Crippen molar-refractivity contribution in [2.24, 2.45) is 5.92 Å². The Hall–Kier alpha value is -0.860. The Labute approximate surface area is 123 Å². The van der Waals surface area contributed by atoms with Crippen LogP contribution in [0.2, 0.25) is 0 Å².